The van der Waals surface area contributed by atoms with Crippen molar-refractivity contribution in [3.05, 3.63) is 0 Å². The Balaban J connectivity index is 1.34. The number of nitrogens with zero attached hydrogens (tertiary/aromatic N) is 1. The summed E-state index contributed by atoms with van der Waals surface area (Å²) in [4.78, 5) is 69.6. The molecule has 2 unspecified atom stereocenters. The van der Waals surface area contributed by atoms with Crippen molar-refractivity contribution in [2.75, 3.05) is 12.3 Å². The summed E-state index contributed by atoms with van der Waals surface area (Å²) in [5, 5.41) is 11.9. The normalized spacial score (nSPS) is 32.4. The Morgan fingerprint density at radius 3 is 2.15 bits per heavy atom. The lowest BCUT2D eigenvalue weighted by Crippen LogP contribution is -2.62. The highest BCUT2D eigenvalue weighted by atomic mass is 32.2. The fraction of sp³-hybridized carbons (Fsp3) is 0.857. The lowest BCUT2D eigenvalue weighted by molar-refractivity contribution is -0.143. The molecule has 11 nitrogen and oxygen atoms in total. The van der Waals surface area contributed by atoms with Crippen LogP contribution in [-0.2, 0) is 30.0 Å². The molecule has 2 aliphatic carbocycles. The molecule has 5 aliphatic rings. The first-order chi connectivity index (χ1) is 22.6. The number of fused-ring (bicyclic) bond motifs is 1. The number of Topliss-reactive ketones (excluding diaryl/α,β-unsaturated/α-hetero) is 1. The number of carbonyl (C=O) groups excluding carboxylic acids is 5. The predicted molar refractivity (Wildman–Crippen MR) is 181 cm³/mol. The molecule has 4 N–H and O–H groups in total. The monoisotopic (exact) mass is 675 g/mol. The number of urea groups is 1. The van der Waals surface area contributed by atoms with Crippen molar-refractivity contribution in [2.24, 2.45) is 11.8 Å². The molecule has 0 spiro atoms. The Bertz CT molecular complexity index is 1180. The number of hydrogen-bond donors (Lipinski definition) is 4. The van der Waals surface area contributed by atoms with Gasteiger partial charge in [-0.3, -0.25) is 23.4 Å². The molecular weight excluding hydrogens is 618 g/mol. The van der Waals surface area contributed by atoms with E-state index in [9.17, 15) is 28.2 Å². The van der Waals surface area contributed by atoms with Gasteiger partial charge in [-0.25, -0.2) is 4.79 Å². The SMILES string of the molecule is CC(C)[C@@H]1CC2C(=O)N[C@H](C(=O)C(=O)NC3CC3)CCCCCCCC[C@H](NC(=O)NC3([C@H]4CCCS4=O)CCCCC3)C(=O)N2C1. The molecule has 12 heteroatoms. The Morgan fingerprint density at radius 1 is 0.851 bits per heavy atom. The zero-order valence-corrected chi connectivity index (χ0v) is 29.3. The molecule has 5 fully saturated rings. The first-order valence-corrected chi connectivity index (χ1v) is 19.9. The molecule has 3 heterocycles. The van der Waals surface area contributed by atoms with Gasteiger partial charge in [0.1, 0.15) is 12.1 Å². The summed E-state index contributed by atoms with van der Waals surface area (Å²) in [5.74, 6) is -0.993. The molecule has 0 bridgehead atoms. The van der Waals surface area contributed by atoms with Gasteiger partial charge in [-0.1, -0.05) is 71.6 Å². The number of rotatable bonds is 7. The van der Waals surface area contributed by atoms with Gasteiger partial charge in [0.25, 0.3) is 5.91 Å². The van der Waals surface area contributed by atoms with E-state index in [2.05, 4.69) is 35.1 Å². The Morgan fingerprint density at radius 2 is 1.51 bits per heavy atom. The minimum Gasteiger partial charge on any atom is -0.347 e. The van der Waals surface area contributed by atoms with Crippen LogP contribution in [0.15, 0.2) is 0 Å². The van der Waals surface area contributed by atoms with Gasteiger partial charge in [0.2, 0.25) is 17.6 Å². The first kappa shape index (κ1) is 35.8. The van der Waals surface area contributed by atoms with E-state index >= 15 is 0 Å². The molecule has 6 atom stereocenters. The van der Waals surface area contributed by atoms with Gasteiger partial charge in [0, 0.05) is 29.1 Å². The molecule has 0 radical (unpaired) electrons. The molecular formula is C35H57N5O6S. The molecule has 264 valence electrons. The van der Waals surface area contributed by atoms with E-state index in [4.69, 9.17) is 0 Å². The molecule has 0 aromatic heterocycles. The highest BCUT2D eigenvalue weighted by Crippen LogP contribution is 2.38. The molecule has 0 aromatic carbocycles. The first-order valence-electron chi connectivity index (χ1n) is 18.5. The Kier molecular flexibility index (Phi) is 12.4. The summed E-state index contributed by atoms with van der Waals surface area (Å²) >= 11 is 0. The second-order valence-electron chi connectivity index (χ2n) is 15.2. The largest absolute Gasteiger partial charge is 0.347 e. The van der Waals surface area contributed by atoms with Crippen molar-refractivity contribution < 1.29 is 28.2 Å². The molecule has 3 saturated heterocycles. The van der Waals surface area contributed by atoms with Crippen molar-refractivity contribution in [3.63, 3.8) is 0 Å². The fourth-order valence-electron chi connectivity index (χ4n) is 8.23. The van der Waals surface area contributed by atoms with E-state index in [1.165, 1.54) is 0 Å². The van der Waals surface area contributed by atoms with Crippen molar-refractivity contribution >= 4 is 40.3 Å². The summed E-state index contributed by atoms with van der Waals surface area (Å²) in [6, 6.07) is -2.90. The molecule has 47 heavy (non-hydrogen) atoms. The Labute approximate surface area is 282 Å². The minimum absolute atomic E-state index is 0.0362. The van der Waals surface area contributed by atoms with Crippen LogP contribution in [0.25, 0.3) is 0 Å². The predicted octanol–water partition coefficient (Wildman–Crippen LogP) is 3.61. The lowest BCUT2D eigenvalue weighted by Gasteiger charge is -2.42. The van der Waals surface area contributed by atoms with Crippen LogP contribution in [0.1, 0.15) is 129 Å². The average Bonchev–Trinajstić information content (AvgIpc) is 3.55. The molecule has 2 saturated carbocycles. The smallest absolute Gasteiger partial charge is 0.315 e. The second-order valence-corrected chi connectivity index (χ2v) is 16.9. The quantitative estimate of drug-likeness (QED) is 0.303. The topological polar surface area (TPSA) is 154 Å². The zero-order valence-electron chi connectivity index (χ0n) is 28.5. The maximum Gasteiger partial charge on any atom is 0.315 e. The molecule has 0 aromatic rings. The van der Waals surface area contributed by atoms with Gasteiger partial charge in [-0.05, 0) is 69.6 Å². The summed E-state index contributed by atoms with van der Waals surface area (Å²) in [6.45, 7) is 4.54. The van der Waals surface area contributed by atoms with Gasteiger partial charge >= 0.3 is 6.03 Å². The van der Waals surface area contributed by atoms with Crippen LogP contribution in [0.5, 0.6) is 0 Å². The summed E-state index contributed by atoms with van der Waals surface area (Å²) in [7, 11) is -0.982. The highest BCUT2D eigenvalue weighted by molar-refractivity contribution is 7.86. The van der Waals surface area contributed by atoms with E-state index in [0.29, 0.717) is 38.0 Å². The molecule has 3 aliphatic heterocycles. The van der Waals surface area contributed by atoms with Crippen LogP contribution >= 0.6 is 0 Å². The van der Waals surface area contributed by atoms with Crippen LogP contribution < -0.4 is 21.3 Å². The van der Waals surface area contributed by atoms with E-state index in [-0.39, 0.29) is 29.0 Å². The Hall–Kier alpha value is -2.50. The fourth-order valence-corrected chi connectivity index (χ4v) is 10.2. The van der Waals surface area contributed by atoms with E-state index < -0.39 is 58.1 Å². The summed E-state index contributed by atoms with van der Waals surface area (Å²) in [5.41, 5.74) is -0.529. The maximum atomic E-state index is 14.4. The van der Waals surface area contributed by atoms with Crippen molar-refractivity contribution in [2.45, 2.75) is 164 Å². The minimum atomic E-state index is -0.982. The van der Waals surface area contributed by atoms with E-state index in [1.807, 2.05) is 0 Å². The zero-order chi connectivity index (χ0) is 33.6. The maximum absolute atomic E-state index is 14.4. The van der Waals surface area contributed by atoms with Crippen LogP contribution in [0, 0.1) is 11.8 Å². The summed E-state index contributed by atoms with van der Waals surface area (Å²) in [6.07, 6.45) is 14.5. The highest BCUT2D eigenvalue weighted by Gasteiger charge is 2.47. The third-order valence-electron chi connectivity index (χ3n) is 11.3. The number of ketones is 1. The van der Waals surface area contributed by atoms with Gasteiger partial charge in [0.15, 0.2) is 0 Å². The number of hydrogen-bond acceptors (Lipinski definition) is 6. The third-order valence-corrected chi connectivity index (χ3v) is 13.3. The van der Waals surface area contributed by atoms with Crippen LogP contribution in [0.3, 0.4) is 0 Å². The third kappa shape index (κ3) is 9.15. The average molecular weight is 676 g/mol. The van der Waals surface area contributed by atoms with Crippen molar-refractivity contribution in [1.82, 2.24) is 26.2 Å². The number of nitrogens with one attached hydrogen (secondary N) is 4. The number of amides is 5. The standard InChI is InChI=1S/C35H57N5O6S/c1-23(2)24-21-28-31(42)37-26(30(41)32(43)36-25-16-17-25)13-8-5-3-4-6-9-14-27(33(44)40(28)22-24)38-34(45)39-35(18-10-7-11-19-35)29-15-12-20-47(29)46/h23-29H,3-22H2,1-2H3,(H,36,43)(H,37,42)(H2,38,39,45)/t24-,26+,27+,28?,29-,47?/m1/s1. The lowest BCUT2D eigenvalue weighted by atomic mass is 9.78. The van der Waals surface area contributed by atoms with Gasteiger partial charge < -0.3 is 26.2 Å². The van der Waals surface area contributed by atoms with Crippen LogP contribution in [0.4, 0.5) is 4.79 Å². The molecule has 5 rings (SSSR count). The van der Waals surface area contributed by atoms with Crippen LogP contribution in [0.2, 0.25) is 0 Å². The van der Waals surface area contributed by atoms with Gasteiger partial charge in [-0.15, -0.1) is 0 Å². The van der Waals surface area contributed by atoms with Crippen molar-refractivity contribution in [3.8, 4) is 0 Å². The van der Waals surface area contributed by atoms with E-state index in [1.54, 1.807) is 4.90 Å². The number of carbonyl (C=O) groups is 5. The van der Waals surface area contributed by atoms with Gasteiger partial charge in [0.05, 0.1) is 16.8 Å². The second kappa shape index (κ2) is 16.3. The summed E-state index contributed by atoms with van der Waals surface area (Å²) < 4.78 is 13.0. The van der Waals surface area contributed by atoms with E-state index in [0.717, 1.165) is 89.9 Å². The van der Waals surface area contributed by atoms with Gasteiger partial charge in [-0.2, -0.15) is 0 Å². The van der Waals surface area contributed by atoms with Crippen molar-refractivity contribution in [1.29, 1.82) is 0 Å². The van der Waals surface area contributed by atoms with Crippen LogP contribution in [-0.4, -0.2) is 85.9 Å². The molecule has 5 amide bonds.